The van der Waals surface area contributed by atoms with Crippen molar-refractivity contribution in [3.63, 3.8) is 0 Å². The summed E-state index contributed by atoms with van der Waals surface area (Å²) in [6, 6.07) is 11.3. The van der Waals surface area contributed by atoms with Gasteiger partial charge in [-0.3, -0.25) is 4.79 Å². The van der Waals surface area contributed by atoms with Gasteiger partial charge in [0.25, 0.3) is 5.91 Å². The summed E-state index contributed by atoms with van der Waals surface area (Å²) in [5, 5.41) is 14.2. The molecular weight excluding hydrogens is 364 g/mol. The Morgan fingerprint density at radius 1 is 1.18 bits per heavy atom. The predicted molar refractivity (Wildman–Crippen MR) is 99.1 cm³/mol. The number of nitrogens with zero attached hydrogens (tertiary/aromatic N) is 3. The van der Waals surface area contributed by atoms with Crippen molar-refractivity contribution in [2.75, 3.05) is 7.05 Å². The largest absolute Gasteiger partial charge is 0.355 e. The van der Waals surface area contributed by atoms with Crippen LogP contribution in [0.15, 0.2) is 48.7 Å². The van der Waals surface area contributed by atoms with Crippen LogP contribution in [0.4, 0.5) is 8.78 Å². The Morgan fingerprint density at radius 2 is 1.96 bits per heavy atom. The van der Waals surface area contributed by atoms with Gasteiger partial charge in [-0.15, -0.1) is 5.10 Å². The molecule has 1 saturated carbocycles. The molecule has 2 aromatic carbocycles. The van der Waals surface area contributed by atoms with Crippen LogP contribution in [0.1, 0.15) is 34.0 Å². The number of rotatable bonds is 6. The van der Waals surface area contributed by atoms with Gasteiger partial charge in [0.15, 0.2) is 11.6 Å². The maximum Gasteiger partial charge on any atom is 0.251 e. The fourth-order valence-corrected chi connectivity index (χ4v) is 3.18. The van der Waals surface area contributed by atoms with Crippen molar-refractivity contribution in [2.24, 2.45) is 0 Å². The second-order valence-electron chi connectivity index (χ2n) is 6.78. The van der Waals surface area contributed by atoms with E-state index in [4.69, 9.17) is 0 Å². The standard InChI is InChI=1S/C20H19F2N5O/c1-23-20(28)12-2-5-15(6-3-12)27-11-14(25-26-27)10-24-19-9-16(19)13-4-7-17(21)18(22)8-13/h2-8,11,16,19,24H,9-10H2,1H3,(H,23,28)/t16-,19+/m0/s1. The van der Waals surface area contributed by atoms with Crippen molar-refractivity contribution in [1.82, 2.24) is 25.6 Å². The monoisotopic (exact) mass is 383 g/mol. The van der Waals surface area contributed by atoms with Crippen LogP contribution in [-0.2, 0) is 6.54 Å². The fourth-order valence-electron chi connectivity index (χ4n) is 3.18. The Kier molecular flexibility index (Phi) is 4.87. The lowest BCUT2D eigenvalue weighted by Crippen LogP contribution is -2.17. The Labute approximate surface area is 160 Å². The second kappa shape index (κ2) is 7.47. The number of benzene rings is 2. The first-order valence-electron chi connectivity index (χ1n) is 8.97. The zero-order valence-corrected chi connectivity index (χ0v) is 15.2. The van der Waals surface area contributed by atoms with E-state index in [0.29, 0.717) is 12.1 Å². The SMILES string of the molecule is CNC(=O)c1ccc(-n2cc(CN[C@@H]3C[C@H]3c3ccc(F)c(F)c3)nn2)cc1. The highest BCUT2D eigenvalue weighted by molar-refractivity contribution is 5.94. The molecule has 1 amide bonds. The van der Waals surface area contributed by atoms with Crippen LogP contribution in [0.25, 0.3) is 5.69 Å². The molecule has 0 radical (unpaired) electrons. The second-order valence-corrected chi connectivity index (χ2v) is 6.78. The number of halogens is 2. The molecule has 6 nitrogen and oxygen atoms in total. The van der Waals surface area contributed by atoms with E-state index in [2.05, 4.69) is 20.9 Å². The molecule has 0 bridgehead atoms. The summed E-state index contributed by atoms with van der Waals surface area (Å²) in [5.41, 5.74) is 2.95. The Hall–Kier alpha value is -3.13. The third-order valence-electron chi connectivity index (χ3n) is 4.87. The van der Waals surface area contributed by atoms with Crippen LogP contribution in [-0.4, -0.2) is 34.0 Å². The topological polar surface area (TPSA) is 71.8 Å². The fraction of sp³-hybridized carbons (Fsp3) is 0.250. The summed E-state index contributed by atoms with van der Waals surface area (Å²) in [6.07, 6.45) is 2.69. The highest BCUT2D eigenvalue weighted by atomic mass is 19.2. The van der Waals surface area contributed by atoms with Gasteiger partial charge in [-0.25, -0.2) is 13.5 Å². The highest BCUT2D eigenvalue weighted by Gasteiger charge is 2.38. The van der Waals surface area contributed by atoms with Gasteiger partial charge < -0.3 is 10.6 Å². The summed E-state index contributed by atoms with van der Waals surface area (Å²) in [6.45, 7) is 0.529. The molecule has 1 heterocycles. The van der Waals surface area contributed by atoms with Crippen LogP contribution in [0.2, 0.25) is 0 Å². The van der Waals surface area contributed by atoms with Crippen LogP contribution in [0.3, 0.4) is 0 Å². The number of carbonyl (C=O) groups excluding carboxylic acids is 1. The average Bonchev–Trinajstić information content (AvgIpc) is 3.34. The number of hydrogen-bond donors (Lipinski definition) is 2. The van der Waals surface area contributed by atoms with Crippen molar-refractivity contribution in [3.8, 4) is 5.69 Å². The molecule has 0 saturated heterocycles. The highest BCUT2D eigenvalue weighted by Crippen LogP contribution is 2.41. The Bertz CT molecular complexity index is 1000. The van der Waals surface area contributed by atoms with Crippen LogP contribution < -0.4 is 10.6 Å². The van der Waals surface area contributed by atoms with Crippen molar-refractivity contribution < 1.29 is 13.6 Å². The van der Waals surface area contributed by atoms with E-state index < -0.39 is 11.6 Å². The van der Waals surface area contributed by atoms with Crippen molar-refractivity contribution in [1.29, 1.82) is 0 Å². The normalized spacial score (nSPS) is 18.1. The average molecular weight is 383 g/mol. The molecule has 0 spiro atoms. The van der Waals surface area contributed by atoms with Gasteiger partial charge in [0.1, 0.15) is 0 Å². The first-order valence-corrected chi connectivity index (χ1v) is 8.97. The summed E-state index contributed by atoms with van der Waals surface area (Å²) < 4.78 is 28.0. The molecule has 1 aromatic heterocycles. The van der Waals surface area contributed by atoms with E-state index in [-0.39, 0.29) is 17.9 Å². The molecule has 0 aliphatic heterocycles. The molecule has 1 aliphatic carbocycles. The van der Waals surface area contributed by atoms with E-state index in [9.17, 15) is 13.6 Å². The first-order chi connectivity index (χ1) is 13.5. The van der Waals surface area contributed by atoms with Gasteiger partial charge in [-0.05, 0) is 48.4 Å². The lowest BCUT2D eigenvalue weighted by atomic mass is 10.1. The number of amides is 1. The van der Waals surface area contributed by atoms with Gasteiger partial charge in [-0.2, -0.15) is 0 Å². The van der Waals surface area contributed by atoms with Gasteiger partial charge in [0, 0.05) is 31.1 Å². The molecule has 4 rings (SSSR count). The zero-order valence-electron chi connectivity index (χ0n) is 15.2. The van der Waals surface area contributed by atoms with Crippen molar-refractivity contribution >= 4 is 5.91 Å². The Morgan fingerprint density at radius 3 is 2.68 bits per heavy atom. The summed E-state index contributed by atoms with van der Waals surface area (Å²) >= 11 is 0. The van der Waals surface area contributed by atoms with Crippen LogP contribution >= 0.6 is 0 Å². The number of nitrogens with one attached hydrogen (secondary N) is 2. The summed E-state index contributed by atoms with van der Waals surface area (Å²) in [4.78, 5) is 11.6. The third kappa shape index (κ3) is 3.77. The summed E-state index contributed by atoms with van der Waals surface area (Å²) in [7, 11) is 1.59. The molecule has 0 unspecified atom stereocenters. The van der Waals surface area contributed by atoms with Crippen molar-refractivity contribution in [3.05, 3.63) is 77.1 Å². The Balaban J connectivity index is 1.34. The van der Waals surface area contributed by atoms with Crippen molar-refractivity contribution in [2.45, 2.75) is 24.9 Å². The maximum absolute atomic E-state index is 13.4. The van der Waals surface area contributed by atoms with E-state index in [0.717, 1.165) is 23.4 Å². The van der Waals surface area contributed by atoms with E-state index in [1.54, 1.807) is 42.1 Å². The number of aromatic nitrogens is 3. The van der Waals surface area contributed by atoms with Gasteiger partial charge in [0.2, 0.25) is 0 Å². The molecule has 1 fully saturated rings. The summed E-state index contributed by atoms with van der Waals surface area (Å²) in [5.74, 6) is -1.60. The smallest absolute Gasteiger partial charge is 0.251 e. The quantitative estimate of drug-likeness (QED) is 0.686. The molecule has 144 valence electrons. The molecular formula is C20H19F2N5O. The lowest BCUT2D eigenvalue weighted by Gasteiger charge is -2.03. The minimum atomic E-state index is -0.825. The van der Waals surface area contributed by atoms with Gasteiger partial charge >= 0.3 is 0 Å². The van der Waals surface area contributed by atoms with E-state index >= 15 is 0 Å². The first kappa shape index (κ1) is 18.2. The van der Waals surface area contributed by atoms with Crippen LogP contribution in [0.5, 0.6) is 0 Å². The van der Waals surface area contributed by atoms with Gasteiger partial charge in [-0.1, -0.05) is 11.3 Å². The molecule has 3 aromatic rings. The molecule has 2 N–H and O–H groups in total. The third-order valence-corrected chi connectivity index (χ3v) is 4.87. The minimum Gasteiger partial charge on any atom is -0.355 e. The number of hydrogen-bond acceptors (Lipinski definition) is 4. The lowest BCUT2D eigenvalue weighted by molar-refractivity contribution is 0.0963. The molecule has 28 heavy (non-hydrogen) atoms. The van der Waals surface area contributed by atoms with E-state index in [1.165, 1.54) is 12.1 Å². The molecule has 2 atom stereocenters. The van der Waals surface area contributed by atoms with Crippen LogP contribution in [0, 0.1) is 11.6 Å². The van der Waals surface area contributed by atoms with Gasteiger partial charge in [0.05, 0.1) is 17.6 Å². The minimum absolute atomic E-state index is 0.143. The number of carbonyl (C=O) groups is 1. The maximum atomic E-state index is 13.4. The van der Waals surface area contributed by atoms with E-state index in [1.807, 2.05) is 6.20 Å². The molecule has 8 heteroatoms. The zero-order chi connectivity index (χ0) is 19.7. The predicted octanol–water partition coefficient (Wildman–Crippen LogP) is 2.55. The molecule has 1 aliphatic rings.